The van der Waals surface area contributed by atoms with Crippen LogP contribution in [0.2, 0.25) is 0 Å². The van der Waals surface area contributed by atoms with Gasteiger partial charge in [0.1, 0.15) is 17.4 Å². The quantitative estimate of drug-likeness (QED) is 0.569. The number of carbonyl (C=O) groups is 2. The molecule has 2 aromatic carbocycles. The number of rotatable bonds is 10. The highest BCUT2D eigenvalue weighted by Crippen LogP contribution is 2.24. The maximum absolute atomic E-state index is 13.5. The molecule has 0 aromatic heterocycles. The number of nitrogens with one attached hydrogen (secondary N) is 1. The summed E-state index contributed by atoms with van der Waals surface area (Å²) < 4.78 is 43.0. The van der Waals surface area contributed by atoms with Gasteiger partial charge in [-0.3, -0.25) is 9.59 Å². The Morgan fingerprint density at radius 3 is 2.26 bits per heavy atom. The Morgan fingerprint density at radius 1 is 1.09 bits per heavy atom. The number of nitrogens with zero attached hydrogens (tertiary/aromatic N) is 1. The van der Waals surface area contributed by atoms with Crippen molar-refractivity contribution in [3.05, 3.63) is 65.2 Å². The van der Waals surface area contributed by atoms with Gasteiger partial charge in [-0.05, 0) is 38.5 Å². The Balaban J connectivity index is 1.56. The number of carbonyl (C=O) groups excluding carboxylic acids is 2. The monoisotopic (exact) mass is 476 g/mol. The number of benzene rings is 2. The molecular weight excluding hydrogens is 446 g/mol. The molecule has 1 atom stereocenters. The van der Waals surface area contributed by atoms with Crippen molar-refractivity contribution in [2.75, 3.05) is 26.8 Å². The molecule has 9 heteroatoms. The van der Waals surface area contributed by atoms with E-state index in [0.717, 1.165) is 17.7 Å². The van der Waals surface area contributed by atoms with Crippen LogP contribution in [0.1, 0.15) is 36.7 Å². The van der Waals surface area contributed by atoms with E-state index in [1.807, 2.05) is 32.9 Å². The third-order valence-corrected chi connectivity index (χ3v) is 5.30. The van der Waals surface area contributed by atoms with Crippen molar-refractivity contribution in [1.29, 1.82) is 0 Å². The third-order valence-electron chi connectivity index (χ3n) is 5.30. The standard InChI is InChI=1S/C25H30F2N2O5/c1-16(2)33-12-17-5-7-18(8-6-17)24(31)29-14-25(3,15-29)28-23(30)22(13-32-4)34-21-10-19(26)9-20(27)11-21/h5-11,16,22H,12-15H2,1-4H3,(H,28,30). The Morgan fingerprint density at radius 2 is 1.71 bits per heavy atom. The largest absolute Gasteiger partial charge is 0.478 e. The van der Waals surface area contributed by atoms with E-state index in [4.69, 9.17) is 14.2 Å². The summed E-state index contributed by atoms with van der Waals surface area (Å²) in [7, 11) is 1.39. The summed E-state index contributed by atoms with van der Waals surface area (Å²) in [6, 6.07) is 9.94. The van der Waals surface area contributed by atoms with Gasteiger partial charge in [0.15, 0.2) is 6.10 Å². The zero-order valence-electron chi connectivity index (χ0n) is 19.8. The molecule has 0 saturated carbocycles. The Hall–Kier alpha value is -3.04. The number of methoxy groups -OCH3 is 1. The molecule has 3 rings (SSSR count). The molecule has 34 heavy (non-hydrogen) atoms. The van der Waals surface area contributed by atoms with Crippen LogP contribution < -0.4 is 10.1 Å². The van der Waals surface area contributed by atoms with Crippen molar-refractivity contribution in [3.63, 3.8) is 0 Å². The van der Waals surface area contributed by atoms with E-state index in [9.17, 15) is 18.4 Å². The van der Waals surface area contributed by atoms with Gasteiger partial charge in [-0.25, -0.2) is 8.78 Å². The number of hydrogen-bond acceptors (Lipinski definition) is 5. The minimum absolute atomic E-state index is 0.116. The highest BCUT2D eigenvalue weighted by molar-refractivity contribution is 5.95. The van der Waals surface area contributed by atoms with Crippen LogP contribution in [-0.4, -0.2) is 61.3 Å². The van der Waals surface area contributed by atoms with Crippen LogP contribution >= 0.6 is 0 Å². The molecule has 0 radical (unpaired) electrons. The topological polar surface area (TPSA) is 77.1 Å². The molecule has 0 aliphatic carbocycles. The van der Waals surface area contributed by atoms with E-state index in [1.54, 1.807) is 17.0 Å². The van der Waals surface area contributed by atoms with Gasteiger partial charge in [0.05, 0.1) is 24.9 Å². The van der Waals surface area contributed by atoms with Crippen molar-refractivity contribution in [3.8, 4) is 5.75 Å². The lowest BCUT2D eigenvalue weighted by Gasteiger charge is -2.48. The minimum atomic E-state index is -1.12. The number of halogens is 2. The van der Waals surface area contributed by atoms with Crippen molar-refractivity contribution >= 4 is 11.8 Å². The molecule has 1 unspecified atom stereocenters. The smallest absolute Gasteiger partial charge is 0.264 e. The van der Waals surface area contributed by atoms with E-state index >= 15 is 0 Å². The van der Waals surface area contributed by atoms with E-state index in [1.165, 1.54) is 7.11 Å². The Labute approximate surface area is 198 Å². The van der Waals surface area contributed by atoms with Gasteiger partial charge in [-0.15, -0.1) is 0 Å². The number of likely N-dealkylation sites (tertiary alicyclic amines) is 1. The molecule has 0 bridgehead atoms. The van der Waals surface area contributed by atoms with Gasteiger partial charge in [0.2, 0.25) is 0 Å². The molecule has 7 nitrogen and oxygen atoms in total. The third kappa shape index (κ3) is 6.74. The van der Waals surface area contributed by atoms with Crippen LogP contribution in [0.25, 0.3) is 0 Å². The molecule has 1 saturated heterocycles. The van der Waals surface area contributed by atoms with Gasteiger partial charge in [-0.2, -0.15) is 0 Å². The maximum atomic E-state index is 13.5. The first-order valence-corrected chi connectivity index (χ1v) is 11.0. The SMILES string of the molecule is COCC(Oc1cc(F)cc(F)c1)C(=O)NC1(C)CN(C(=O)c2ccc(COC(C)C)cc2)C1. The summed E-state index contributed by atoms with van der Waals surface area (Å²) >= 11 is 0. The van der Waals surface area contributed by atoms with Crippen molar-refractivity contribution in [2.45, 2.75) is 45.1 Å². The second-order valence-electron chi connectivity index (χ2n) is 8.93. The van der Waals surface area contributed by atoms with Crippen LogP contribution in [0.4, 0.5) is 8.78 Å². The first-order valence-electron chi connectivity index (χ1n) is 11.0. The van der Waals surface area contributed by atoms with E-state index in [-0.39, 0.29) is 24.4 Å². The lowest BCUT2D eigenvalue weighted by atomic mass is 9.91. The predicted molar refractivity (Wildman–Crippen MR) is 121 cm³/mol. The second-order valence-corrected chi connectivity index (χ2v) is 8.93. The average molecular weight is 477 g/mol. The van der Waals surface area contributed by atoms with Crippen LogP contribution in [0, 0.1) is 11.6 Å². The summed E-state index contributed by atoms with van der Waals surface area (Å²) in [5.74, 6) is -2.38. The lowest BCUT2D eigenvalue weighted by molar-refractivity contribution is -0.134. The van der Waals surface area contributed by atoms with Crippen LogP contribution in [-0.2, 0) is 20.9 Å². The van der Waals surface area contributed by atoms with E-state index in [0.29, 0.717) is 31.3 Å². The summed E-state index contributed by atoms with van der Waals surface area (Å²) in [6.07, 6.45) is -0.993. The first-order chi connectivity index (χ1) is 16.1. The first kappa shape index (κ1) is 25.6. The fourth-order valence-corrected chi connectivity index (χ4v) is 3.66. The number of hydrogen-bond donors (Lipinski definition) is 1. The van der Waals surface area contributed by atoms with Crippen molar-refractivity contribution in [2.24, 2.45) is 0 Å². The van der Waals surface area contributed by atoms with E-state index < -0.39 is 29.2 Å². The van der Waals surface area contributed by atoms with Crippen LogP contribution in [0.3, 0.4) is 0 Å². The average Bonchev–Trinajstić information content (AvgIpc) is 2.74. The Kier molecular flexibility index (Phi) is 8.22. The van der Waals surface area contributed by atoms with Crippen molar-refractivity contribution in [1.82, 2.24) is 10.2 Å². The van der Waals surface area contributed by atoms with Gasteiger partial charge in [0, 0.05) is 44.0 Å². The summed E-state index contributed by atoms with van der Waals surface area (Å²) in [6.45, 7) is 6.72. The normalized spacial score (nSPS) is 15.6. The van der Waals surface area contributed by atoms with Gasteiger partial charge in [-0.1, -0.05) is 12.1 Å². The molecule has 2 aromatic rings. The van der Waals surface area contributed by atoms with Gasteiger partial charge >= 0.3 is 0 Å². The molecule has 1 aliphatic rings. The van der Waals surface area contributed by atoms with Gasteiger partial charge < -0.3 is 24.4 Å². The number of ether oxygens (including phenoxy) is 3. The summed E-state index contributed by atoms with van der Waals surface area (Å²) in [5, 5.41) is 2.86. The fraction of sp³-hybridized carbons (Fsp3) is 0.440. The number of amides is 2. The van der Waals surface area contributed by atoms with Gasteiger partial charge in [0.25, 0.3) is 11.8 Å². The molecule has 1 fully saturated rings. The molecule has 184 valence electrons. The maximum Gasteiger partial charge on any atom is 0.264 e. The molecule has 1 aliphatic heterocycles. The summed E-state index contributed by atoms with van der Waals surface area (Å²) in [4.78, 5) is 27.2. The molecule has 1 N–H and O–H groups in total. The van der Waals surface area contributed by atoms with E-state index in [2.05, 4.69) is 5.32 Å². The zero-order valence-corrected chi connectivity index (χ0v) is 19.8. The second kappa shape index (κ2) is 10.9. The highest BCUT2D eigenvalue weighted by Gasteiger charge is 2.43. The highest BCUT2D eigenvalue weighted by atomic mass is 19.1. The molecular formula is C25H30F2N2O5. The molecule has 0 spiro atoms. The zero-order chi connectivity index (χ0) is 24.9. The fourth-order valence-electron chi connectivity index (χ4n) is 3.66. The van der Waals surface area contributed by atoms with Crippen molar-refractivity contribution < 1.29 is 32.6 Å². The van der Waals surface area contributed by atoms with Crippen LogP contribution in [0.5, 0.6) is 5.75 Å². The lowest BCUT2D eigenvalue weighted by Crippen LogP contribution is -2.70. The summed E-state index contributed by atoms with van der Waals surface area (Å²) in [5.41, 5.74) is 0.865. The Bertz CT molecular complexity index is 987. The van der Waals surface area contributed by atoms with Crippen LogP contribution in [0.15, 0.2) is 42.5 Å². The predicted octanol–water partition coefficient (Wildman–Crippen LogP) is 3.31. The minimum Gasteiger partial charge on any atom is -0.478 e. The molecule has 1 heterocycles. The molecule has 2 amide bonds.